The monoisotopic (exact) mass is 289 g/mol. The summed E-state index contributed by atoms with van der Waals surface area (Å²) in [5.74, 6) is -1.81. The number of esters is 1. The molecule has 0 fully saturated rings. The number of fused-ring (bicyclic) bond motifs is 1. The standard InChI is InChI=1S/C14H12ClN3O2/c1-2-7-20-14(19)9(8-16)12-13(15)18-11-6-4-3-5-10(11)17-12/h3-6,9H,2,7H2,1H3. The molecule has 0 N–H and O–H groups in total. The minimum absolute atomic E-state index is 0.0451. The Kier molecular flexibility index (Phi) is 4.49. The molecule has 0 saturated heterocycles. The Labute approximate surface area is 121 Å². The van der Waals surface area contributed by atoms with E-state index in [-0.39, 0.29) is 17.5 Å². The Morgan fingerprint density at radius 2 is 2.05 bits per heavy atom. The van der Waals surface area contributed by atoms with Crippen LogP contribution in [0.3, 0.4) is 0 Å². The number of para-hydroxylation sites is 2. The number of hydrogen-bond acceptors (Lipinski definition) is 5. The van der Waals surface area contributed by atoms with E-state index in [1.54, 1.807) is 18.2 Å². The summed E-state index contributed by atoms with van der Waals surface area (Å²) < 4.78 is 4.98. The Balaban J connectivity index is 2.42. The van der Waals surface area contributed by atoms with Crippen LogP contribution in [0.1, 0.15) is 25.0 Å². The number of aromatic nitrogens is 2. The number of nitrogens with zero attached hydrogens (tertiary/aromatic N) is 3. The second-order valence-corrected chi connectivity index (χ2v) is 4.48. The molecular weight excluding hydrogens is 278 g/mol. The van der Waals surface area contributed by atoms with Gasteiger partial charge in [0.05, 0.1) is 23.7 Å². The number of hydrogen-bond donors (Lipinski definition) is 0. The number of rotatable bonds is 4. The minimum Gasteiger partial charge on any atom is -0.464 e. The van der Waals surface area contributed by atoms with E-state index < -0.39 is 11.9 Å². The van der Waals surface area contributed by atoms with Crippen molar-refractivity contribution < 1.29 is 9.53 Å². The fourth-order valence-electron chi connectivity index (χ4n) is 1.69. The summed E-state index contributed by atoms with van der Waals surface area (Å²) in [6, 6.07) is 8.98. The minimum atomic E-state index is -1.16. The fraction of sp³-hybridized carbons (Fsp3) is 0.286. The Morgan fingerprint density at radius 3 is 2.65 bits per heavy atom. The largest absolute Gasteiger partial charge is 0.464 e. The highest BCUT2D eigenvalue weighted by molar-refractivity contribution is 6.30. The molecule has 2 rings (SSSR count). The number of halogens is 1. The second kappa shape index (κ2) is 6.31. The molecule has 102 valence electrons. The summed E-state index contributed by atoms with van der Waals surface area (Å²) in [5.41, 5.74) is 1.32. The molecule has 0 saturated carbocycles. The maximum Gasteiger partial charge on any atom is 0.329 e. The van der Waals surface area contributed by atoms with Gasteiger partial charge < -0.3 is 4.74 Å². The topological polar surface area (TPSA) is 75.9 Å². The van der Waals surface area contributed by atoms with Crippen molar-refractivity contribution in [1.29, 1.82) is 5.26 Å². The van der Waals surface area contributed by atoms with Gasteiger partial charge in [-0.2, -0.15) is 5.26 Å². The molecule has 1 aromatic carbocycles. The van der Waals surface area contributed by atoms with Crippen molar-refractivity contribution in [3.05, 3.63) is 35.1 Å². The lowest BCUT2D eigenvalue weighted by Crippen LogP contribution is -2.17. The molecule has 0 radical (unpaired) electrons. The second-order valence-electron chi connectivity index (χ2n) is 4.12. The summed E-state index contributed by atoms with van der Waals surface area (Å²) in [6.07, 6.45) is 0.682. The van der Waals surface area contributed by atoms with Gasteiger partial charge in [0, 0.05) is 0 Å². The third-order valence-corrected chi connectivity index (χ3v) is 2.92. The maximum absolute atomic E-state index is 11.9. The smallest absolute Gasteiger partial charge is 0.329 e. The van der Waals surface area contributed by atoms with E-state index in [4.69, 9.17) is 21.6 Å². The third-order valence-electron chi connectivity index (χ3n) is 2.64. The molecule has 1 unspecified atom stereocenters. The van der Waals surface area contributed by atoms with Crippen LogP contribution in [0.5, 0.6) is 0 Å². The lowest BCUT2D eigenvalue weighted by molar-refractivity contribution is -0.144. The average Bonchev–Trinajstić information content (AvgIpc) is 2.46. The zero-order valence-electron chi connectivity index (χ0n) is 10.8. The van der Waals surface area contributed by atoms with E-state index in [1.807, 2.05) is 19.1 Å². The first kappa shape index (κ1) is 14.2. The molecule has 0 aliphatic heterocycles. The van der Waals surface area contributed by atoms with Crippen molar-refractivity contribution in [3.63, 3.8) is 0 Å². The predicted molar refractivity (Wildman–Crippen MR) is 74.2 cm³/mol. The lowest BCUT2D eigenvalue weighted by atomic mass is 10.1. The van der Waals surface area contributed by atoms with Crippen LogP contribution in [0.15, 0.2) is 24.3 Å². The van der Waals surface area contributed by atoms with Crippen molar-refractivity contribution in [2.75, 3.05) is 6.61 Å². The van der Waals surface area contributed by atoms with Gasteiger partial charge in [-0.05, 0) is 18.6 Å². The third kappa shape index (κ3) is 2.86. The summed E-state index contributed by atoms with van der Waals surface area (Å²) >= 11 is 6.02. The van der Waals surface area contributed by atoms with E-state index >= 15 is 0 Å². The fourth-order valence-corrected chi connectivity index (χ4v) is 1.93. The molecule has 20 heavy (non-hydrogen) atoms. The van der Waals surface area contributed by atoms with Crippen LogP contribution in [0.25, 0.3) is 11.0 Å². The Bertz CT molecular complexity index is 682. The van der Waals surface area contributed by atoms with Gasteiger partial charge in [-0.25, -0.2) is 9.97 Å². The van der Waals surface area contributed by atoms with Crippen LogP contribution in [0.2, 0.25) is 5.15 Å². The first-order valence-electron chi connectivity index (χ1n) is 6.15. The van der Waals surface area contributed by atoms with Crippen LogP contribution in [-0.4, -0.2) is 22.5 Å². The molecule has 0 spiro atoms. The maximum atomic E-state index is 11.9. The van der Waals surface area contributed by atoms with Crippen molar-refractivity contribution in [2.24, 2.45) is 0 Å². The van der Waals surface area contributed by atoms with Gasteiger partial charge in [-0.15, -0.1) is 0 Å². The Hall–Kier alpha value is -2.19. The number of nitriles is 1. The predicted octanol–water partition coefficient (Wildman–Crippen LogP) is 2.84. The van der Waals surface area contributed by atoms with Crippen LogP contribution in [-0.2, 0) is 9.53 Å². The van der Waals surface area contributed by atoms with E-state index in [1.165, 1.54) is 0 Å². The molecule has 1 atom stereocenters. The molecule has 1 heterocycles. The molecule has 5 nitrogen and oxygen atoms in total. The van der Waals surface area contributed by atoms with Crippen molar-refractivity contribution in [2.45, 2.75) is 19.3 Å². The highest BCUT2D eigenvalue weighted by Crippen LogP contribution is 2.24. The average molecular weight is 290 g/mol. The van der Waals surface area contributed by atoms with Crippen LogP contribution < -0.4 is 0 Å². The molecule has 2 aromatic rings. The zero-order chi connectivity index (χ0) is 14.5. The number of benzene rings is 1. The van der Waals surface area contributed by atoms with Gasteiger partial charge in [0.25, 0.3) is 0 Å². The van der Waals surface area contributed by atoms with Gasteiger partial charge in [-0.3, -0.25) is 4.79 Å². The number of ether oxygens (including phenoxy) is 1. The van der Waals surface area contributed by atoms with E-state index in [0.717, 1.165) is 0 Å². The molecule has 1 aromatic heterocycles. The number of carbonyl (C=O) groups excluding carboxylic acids is 1. The zero-order valence-corrected chi connectivity index (χ0v) is 11.6. The normalized spacial score (nSPS) is 11.8. The van der Waals surface area contributed by atoms with Crippen LogP contribution in [0, 0.1) is 11.3 Å². The van der Waals surface area contributed by atoms with Gasteiger partial charge in [0.2, 0.25) is 0 Å². The summed E-state index contributed by atoms with van der Waals surface area (Å²) in [5, 5.41) is 9.21. The highest BCUT2D eigenvalue weighted by atomic mass is 35.5. The van der Waals surface area contributed by atoms with Crippen molar-refractivity contribution in [3.8, 4) is 6.07 Å². The van der Waals surface area contributed by atoms with Crippen molar-refractivity contribution in [1.82, 2.24) is 9.97 Å². The molecular formula is C14H12ClN3O2. The molecule has 0 amide bonds. The van der Waals surface area contributed by atoms with Crippen LogP contribution in [0.4, 0.5) is 0 Å². The van der Waals surface area contributed by atoms with Gasteiger partial charge in [-0.1, -0.05) is 30.7 Å². The SMILES string of the molecule is CCCOC(=O)C(C#N)c1nc2ccccc2nc1Cl. The van der Waals surface area contributed by atoms with Crippen LogP contribution >= 0.6 is 11.6 Å². The molecule has 0 aliphatic carbocycles. The molecule has 0 bridgehead atoms. The first-order valence-corrected chi connectivity index (χ1v) is 6.53. The van der Waals surface area contributed by atoms with Gasteiger partial charge in [0.15, 0.2) is 11.1 Å². The first-order chi connectivity index (χ1) is 9.67. The van der Waals surface area contributed by atoms with E-state index in [0.29, 0.717) is 17.5 Å². The molecule has 0 aliphatic rings. The lowest BCUT2D eigenvalue weighted by Gasteiger charge is -2.10. The van der Waals surface area contributed by atoms with Gasteiger partial charge in [0.1, 0.15) is 5.69 Å². The van der Waals surface area contributed by atoms with Gasteiger partial charge >= 0.3 is 5.97 Å². The quantitative estimate of drug-likeness (QED) is 0.809. The summed E-state index contributed by atoms with van der Waals surface area (Å²) in [6.45, 7) is 2.13. The van der Waals surface area contributed by atoms with Crippen molar-refractivity contribution >= 4 is 28.6 Å². The highest BCUT2D eigenvalue weighted by Gasteiger charge is 2.27. The van der Waals surface area contributed by atoms with E-state index in [2.05, 4.69) is 9.97 Å². The van der Waals surface area contributed by atoms with E-state index in [9.17, 15) is 4.79 Å². The summed E-state index contributed by atoms with van der Waals surface area (Å²) in [4.78, 5) is 20.3. The summed E-state index contributed by atoms with van der Waals surface area (Å²) in [7, 11) is 0. The molecule has 6 heteroatoms. The Morgan fingerprint density at radius 1 is 1.40 bits per heavy atom. The number of carbonyl (C=O) groups is 1.